The minimum Gasteiger partial charge on any atom is -0.281 e. The number of carbonyl (C=O) groups is 1. The zero-order valence-electron chi connectivity index (χ0n) is 17.0. The molecule has 0 unspecified atom stereocenters. The molecule has 0 saturated heterocycles. The van der Waals surface area contributed by atoms with Gasteiger partial charge in [0.25, 0.3) is 5.91 Å². The van der Waals surface area contributed by atoms with Crippen LogP contribution in [0.15, 0.2) is 103 Å². The lowest BCUT2D eigenvalue weighted by molar-refractivity contribution is -0.116. The summed E-state index contributed by atoms with van der Waals surface area (Å²) in [5.41, 5.74) is 6.72. The summed E-state index contributed by atoms with van der Waals surface area (Å²) in [7, 11) is 0. The fraction of sp³-hybridized carbons (Fsp3) is 0.0800. The van der Waals surface area contributed by atoms with Crippen LogP contribution >= 0.6 is 0 Å². The van der Waals surface area contributed by atoms with Crippen molar-refractivity contribution in [2.24, 2.45) is 0 Å². The summed E-state index contributed by atoms with van der Waals surface area (Å²) in [4.78, 5) is 12.6. The van der Waals surface area contributed by atoms with Crippen molar-refractivity contribution in [1.82, 2.24) is 20.4 Å². The molecule has 0 saturated carbocycles. The van der Waals surface area contributed by atoms with E-state index in [0.717, 1.165) is 16.8 Å². The summed E-state index contributed by atoms with van der Waals surface area (Å²) in [6.45, 7) is 1.18. The van der Waals surface area contributed by atoms with Crippen LogP contribution in [0.3, 0.4) is 0 Å². The van der Waals surface area contributed by atoms with Crippen LogP contribution in [0.1, 0.15) is 16.8 Å². The molecular weight excluding hydrogens is 386 g/mol. The first-order valence-corrected chi connectivity index (χ1v) is 10.1. The van der Waals surface area contributed by atoms with E-state index < -0.39 is 0 Å². The predicted octanol–water partition coefficient (Wildman–Crippen LogP) is 4.08. The van der Waals surface area contributed by atoms with Gasteiger partial charge in [0.1, 0.15) is 5.69 Å². The Bertz CT molecular complexity index is 1120. The van der Waals surface area contributed by atoms with E-state index in [9.17, 15) is 4.79 Å². The lowest BCUT2D eigenvalue weighted by Crippen LogP contribution is -2.41. The second-order valence-electron chi connectivity index (χ2n) is 7.04. The fourth-order valence-corrected chi connectivity index (χ4v) is 3.14. The van der Waals surface area contributed by atoms with Crippen LogP contribution in [0, 0.1) is 0 Å². The molecule has 4 rings (SSSR count). The Kier molecular flexibility index (Phi) is 6.50. The number of hydrazine groups is 1. The monoisotopic (exact) mass is 409 g/mol. The highest BCUT2D eigenvalue weighted by Crippen LogP contribution is 2.14. The second kappa shape index (κ2) is 10.0. The number of para-hydroxylation sites is 1. The van der Waals surface area contributed by atoms with Crippen molar-refractivity contribution in [1.29, 1.82) is 0 Å². The van der Waals surface area contributed by atoms with Crippen molar-refractivity contribution < 1.29 is 4.79 Å². The molecule has 3 aromatic carbocycles. The average Bonchev–Trinajstić information content (AvgIpc) is 3.26. The number of amides is 1. The molecule has 6 heteroatoms. The number of carbonyl (C=O) groups excluding carboxylic acids is 1. The van der Waals surface area contributed by atoms with Crippen LogP contribution in [0.4, 0.5) is 5.69 Å². The van der Waals surface area contributed by atoms with E-state index in [4.69, 9.17) is 0 Å². The summed E-state index contributed by atoms with van der Waals surface area (Å²) in [6, 6.07) is 29.8. The Labute approximate surface area is 181 Å². The van der Waals surface area contributed by atoms with E-state index >= 15 is 0 Å². The SMILES string of the molecule is O=C(/C=C/c1cn(Cc2ccccc2)nn1)NN(Cc1ccccc1)c1ccccc1. The van der Waals surface area contributed by atoms with Gasteiger partial charge in [0.05, 0.1) is 25.0 Å². The molecular formula is C25H23N5O. The molecule has 0 bridgehead atoms. The van der Waals surface area contributed by atoms with E-state index in [1.807, 2.05) is 102 Å². The van der Waals surface area contributed by atoms with Gasteiger partial charge in [0.2, 0.25) is 0 Å². The Hall–Kier alpha value is -4.19. The molecule has 1 amide bonds. The lowest BCUT2D eigenvalue weighted by atomic mass is 10.2. The van der Waals surface area contributed by atoms with Gasteiger partial charge in [0.15, 0.2) is 0 Å². The van der Waals surface area contributed by atoms with Crippen molar-refractivity contribution in [3.63, 3.8) is 0 Å². The number of nitrogens with one attached hydrogen (secondary N) is 1. The molecule has 1 heterocycles. The molecule has 4 aromatic rings. The van der Waals surface area contributed by atoms with Crippen molar-refractivity contribution in [2.45, 2.75) is 13.1 Å². The predicted molar refractivity (Wildman–Crippen MR) is 122 cm³/mol. The maximum absolute atomic E-state index is 12.6. The summed E-state index contributed by atoms with van der Waals surface area (Å²) in [6.07, 6.45) is 4.95. The van der Waals surface area contributed by atoms with Crippen molar-refractivity contribution >= 4 is 17.7 Å². The van der Waals surface area contributed by atoms with Crippen LogP contribution in [0.25, 0.3) is 6.08 Å². The van der Waals surface area contributed by atoms with Crippen LogP contribution in [-0.4, -0.2) is 20.9 Å². The Balaban J connectivity index is 1.41. The minimum absolute atomic E-state index is 0.239. The van der Waals surface area contributed by atoms with Crippen LogP contribution in [0.5, 0.6) is 0 Å². The van der Waals surface area contributed by atoms with E-state index in [2.05, 4.69) is 15.7 Å². The molecule has 31 heavy (non-hydrogen) atoms. The highest BCUT2D eigenvalue weighted by atomic mass is 16.2. The van der Waals surface area contributed by atoms with Gasteiger partial charge in [-0.2, -0.15) is 0 Å². The zero-order chi connectivity index (χ0) is 21.3. The first kappa shape index (κ1) is 20.1. The number of hydrogen-bond donors (Lipinski definition) is 1. The molecule has 154 valence electrons. The Morgan fingerprint density at radius 2 is 1.48 bits per heavy atom. The second-order valence-corrected chi connectivity index (χ2v) is 7.04. The molecule has 0 spiro atoms. The highest BCUT2D eigenvalue weighted by Gasteiger charge is 2.09. The van der Waals surface area contributed by atoms with Crippen molar-refractivity contribution in [3.05, 3.63) is 120 Å². The average molecular weight is 409 g/mol. The third kappa shape index (κ3) is 5.90. The minimum atomic E-state index is -0.239. The Morgan fingerprint density at radius 1 is 0.871 bits per heavy atom. The van der Waals surface area contributed by atoms with E-state index in [1.165, 1.54) is 6.08 Å². The molecule has 0 radical (unpaired) electrons. The summed E-state index contributed by atoms with van der Waals surface area (Å²) >= 11 is 0. The van der Waals surface area contributed by atoms with Gasteiger partial charge in [-0.1, -0.05) is 84.1 Å². The highest BCUT2D eigenvalue weighted by molar-refractivity contribution is 5.92. The van der Waals surface area contributed by atoms with E-state index in [1.54, 1.807) is 10.8 Å². The number of rotatable bonds is 8. The molecule has 0 atom stereocenters. The standard InChI is InChI=1S/C25H23N5O/c31-25(17-16-23-20-29(28-26-23)18-21-10-4-1-5-11-21)27-30(24-14-8-3-9-15-24)19-22-12-6-2-7-13-22/h1-17,20H,18-19H2,(H,27,31)/b17-16+. The molecule has 0 fully saturated rings. The van der Waals surface area contributed by atoms with Crippen LogP contribution in [-0.2, 0) is 17.9 Å². The van der Waals surface area contributed by atoms with Gasteiger partial charge in [-0.05, 0) is 29.3 Å². The molecule has 1 aromatic heterocycles. The van der Waals surface area contributed by atoms with Crippen molar-refractivity contribution in [2.75, 3.05) is 5.01 Å². The van der Waals surface area contributed by atoms with Gasteiger partial charge < -0.3 is 0 Å². The van der Waals surface area contributed by atoms with Crippen LogP contribution in [0.2, 0.25) is 0 Å². The first-order chi connectivity index (χ1) is 15.3. The number of hydrogen-bond acceptors (Lipinski definition) is 4. The number of aromatic nitrogens is 3. The number of anilines is 1. The summed E-state index contributed by atoms with van der Waals surface area (Å²) in [5, 5.41) is 10.1. The van der Waals surface area contributed by atoms with Gasteiger partial charge in [-0.3, -0.25) is 15.2 Å². The van der Waals surface area contributed by atoms with Gasteiger partial charge in [0, 0.05) is 6.08 Å². The number of nitrogens with zero attached hydrogens (tertiary/aromatic N) is 4. The topological polar surface area (TPSA) is 63.1 Å². The maximum atomic E-state index is 12.6. The Morgan fingerprint density at radius 3 is 2.16 bits per heavy atom. The first-order valence-electron chi connectivity index (χ1n) is 10.1. The fourth-order valence-electron chi connectivity index (χ4n) is 3.14. The van der Waals surface area contributed by atoms with Gasteiger partial charge in [-0.25, -0.2) is 4.68 Å². The molecule has 0 aliphatic carbocycles. The number of benzene rings is 3. The zero-order valence-corrected chi connectivity index (χ0v) is 17.0. The lowest BCUT2D eigenvalue weighted by Gasteiger charge is -2.25. The summed E-state index contributed by atoms with van der Waals surface area (Å²) in [5.74, 6) is -0.239. The molecule has 6 nitrogen and oxygen atoms in total. The van der Waals surface area contributed by atoms with Gasteiger partial charge in [-0.15, -0.1) is 5.10 Å². The summed E-state index contributed by atoms with van der Waals surface area (Å²) < 4.78 is 1.75. The van der Waals surface area contributed by atoms with E-state index in [0.29, 0.717) is 18.8 Å². The third-order valence-corrected chi connectivity index (χ3v) is 4.65. The van der Waals surface area contributed by atoms with Crippen molar-refractivity contribution in [3.8, 4) is 0 Å². The third-order valence-electron chi connectivity index (χ3n) is 4.65. The quantitative estimate of drug-likeness (QED) is 0.352. The largest absolute Gasteiger partial charge is 0.281 e. The smallest absolute Gasteiger partial charge is 0.262 e. The molecule has 1 N–H and O–H groups in total. The van der Waals surface area contributed by atoms with Gasteiger partial charge >= 0.3 is 0 Å². The normalized spacial score (nSPS) is 10.8. The van der Waals surface area contributed by atoms with Crippen LogP contribution < -0.4 is 10.4 Å². The molecule has 0 aliphatic heterocycles. The van der Waals surface area contributed by atoms with E-state index in [-0.39, 0.29) is 5.91 Å². The molecule has 0 aliphatic rings. The maximum Gasteiger partial charge on any atom is 0.262 e.